The van der Waals surface area contributed by atoms with Gasteiger partial charge in [-0.15, -0.1) is 0 Å². The molecule has 0 atom stereocenters. The van der Waals surface area contributed by atoms with E-state index in [1.165, 1.54) is 10.8 Å². The summed E-state index contributed by atoms with van der Waals surface area (Å²) in [6, 6.07) is 11.9. The quantitative estimate of drug-likeness (QED) is 0.710. The van der Waals surface area contributed by atoms with E-state index >= 15 is 0 Å². The summed E-state index contributed by atoms with van der Waals surface area (Å²) in [5.74, 6) is 0.414. The van der Waals surface area contributed by atoms with E-state index in [4.69, 9.17) is 0 Å². The first-order valence-corrected chi connectivity index (χ1v) is 6.52. The van der Waals surface area contributed by atoms with E-state index in [0.717, 1.165) is 4.90 Å². The molecule has 0 aliphatic carbocycles. The van der Waals surface area contributed by atoms with Crippen molar-refractivity contribution >= 4 is 21.7 Å². The number of benzene rings is 2. The summed E-state index contributed by atoms with van der Waals surface area (Å²) in [5, 5.41) is 12.1. The van der Waals surface area contributed by atoms with E-state index in [-0.39, 0.29) is 10.9 Å². The van der Waals surface area contributed by atoms with Gasteiger partial charge in [-0.1, -0.05) is 24.3 Å². The lowest BCUT2D eigenvalue weighted by Crippen LogP contribution is -1.97. The van der Waals surface area contributed by atoms with Crippen molar-refractivity contribution in [2.45, 2.75) is 4.90 Å². The van der Waals surface area contributed by atoms with Crippen LogP contribution in [0.15, 0.2) is 41.3 Å². The molecule has 2 aromatic rings. The molecule has 0 aromatic heterocycles. The van der Waals surface area contributed by atoms with Gasteiger partial charge in [-0.3, -0.25) is 0 Å². The van der Waals surface area contributed by atoms with Crippen molar-refractivity contribution in [2.24, 2.45) is 0 Å². The van der Waals surface area contributed by atoms with E-state index < -0.39 is 0 Å². The van der Waals surface area contributed by atoms with Crippen molar-refractivity contribution < 1.29 is 5.11 Å². The number of phenolic OH excluding ortho intramolecular Hbond substituents is 1. The van der Waals surface area contributed by atoms with E-state index in [9.17, 15) is 5.11 Å². The van der Waals surface area contributed by atoms with Crippen LogP contribution in [0.25, 0.3) is 10.8 Å². The van der Waals surface area contributed by atoms with Gasteiger partial charge in [-0.05, 0) is 17.5 Å². The summed E-state index contributed by atoms with van der Waals surface area (Å²) in [6.45, 7) is 0. The SMILES string of the molecule is C[S+](C)c1c(O)ccc2ccccc12. The summed E-state index contributed by atoms with van der Waals surface area (Å²) < 4.78 is 0. The third kappa shape index (κ3) is 1.46. The fourth-order valence-corrected chi connectivity index (χ4v) is 2.77. The first-order valence-electron chi connectivity index (χ1n) is 4.48. The zero-order chi connectivity index (χ0) is 10.1. The zero-order valence-corrected chi connectivity index (χ0v) is 9.14. The molecular weight excluding hydrogens is 192 g/mol. The van der Waals surface area contributed by atoms with Gasteiger partial charge in [-0.2, -0.15) is 0 Å². The van der Waals surface area contributed by atoms with Crippen LogP contribution in [0, 0.1) is 0 Å². The Morgan fingerprint density at radius 2 is 1.71 bits per heavy atom. The van der Waals surface area contributed by atoms with Crippen molar-refractivity contribution in [3.05, 3.63) is 36.4 Å². The number of aromatic hydroxyl groups is 1. The number of fused-ring (bicyclic) bond motifs is 1. The van der Waals surface area contributed by atoms with Gasteiger partial charge < -0.3 is 5.11 Å². The number of phenols is 1. The van der Waals surface area contributed by atoms with Crippen molar-refractivity contribution in [2.75, 3.05) is 12.5 Å². The number of rotatable bonds is 1. The normalized spacial score (nSPS) is 11.1. The molecule has 0 aliphatic rings. The van der Waals surface area contributed by atoms with Gasteiger partial charge >= 0.3 is 0 Å². The highest BCUT2D eigenvalue weighted by molar-refractivity contribution is 7.95. The maximum Gasteiger partial charge on any atom is 0.203 e. The summed E-state index contributed by atoms with van der Waals surface area (Å²) in [5.41, 5.74) is 0. The van der Waals surface area contributed by atoms with Crippen LogP contribution in [0.3, 0.4) is 0 Å². The predicted octanol–water partition coefficient (Wildman–Crippen LogP) is 2.78. The maximum atomic E-state index is 9.79. The molecule has 2 aromatic carbocycles. The first kappa shape index (κ1) is 9.41. The minimum absolute atomic E-state index is 0.0849. The van der Waals surface area contributed by atoms with Crippen LogP contribution in [0.5, 0.6) is 5.75 Å². The first-order chi connectivity index (χ1) is 6.70. The van der Waals surface area contributed by atoms with Gasteiger partial charge in [0.25, 0.3) is 0 Å². The third-order valence-electron chi connectivity index (χ3n) is 2.27. The Morgan fingerprint density at radius 3 is 2.43 bits per heavy atom. The largest absolute Gasteiger partial charge is 0.503 e. The second-order valence-corrected chi connectivity index (χ2v) is 5.49. The molecule has 14 heavy (non-hydrogen) atoms. The van der Waals surface area contributed by atoms with Crippen LogP contribution < -0.4 is 0 Å². The highest BCUT2D eigenvalue weighted by atomic mass is 32.2. The van der Waals surface area contributed by atoms with Crippen molar-refractivity contribution in [1.29, 1.82) is 0 Å². The van der Waals surface area contributed by atoms with Gasteiger partial charge in [0.1, 0.15) is 12.5 Å². The highest BCUT2D eigenvalue weighted by Gasteiger charge is 2.17. The van der Waals surface area contributed by atoms with Crippen LogP contribution >= 0.6 is 0 Å². The molecule has 0 saturated carbocycles. The molecule has 2 rings (SSSR count). The minimum Gasteiger partial charge on any atom is -0.503 e. The number of hydrogen-bond donors (Lipinski definition) is 1. The van der Waals surface area contributed by atoms with Gasteiger partial charge in [0.15, 0.2) is 5.75 Å². The Balaban J connectivity index is 2.83. The van der Waals surface area contributed by atoms with E-state index in [2.05, 4.69) is 24.6 Å². The van der Waals surface area contributed by atoms with E-state index in [1.807, 2.05) is 18.2 Å². The third-order valence-corrected chi connectivity index (χ3v) is 3.51. The molecule has 72 valence electrons. The Morgan fingerprint density at radius 1 is 1.00 bits per heavy atom. The van der Waals surface area contributed by atoms with E-state index in [0.29, 0.717) is 5.75 Å². The van der Waals surface area contributed by atoms with Crippen LogP contribution in [0.4, 0.5) is 0 Å². The molecule has 0 heterocycles. The van der Waals surface area contributed by atoms with Gasteiger partial charge in [0.05, 0.1) is 0 Å². The molecule has 0 unspecified atom stereocenters. The molecule has 0 amide bonds. The van der Waals surface area contributed by atoms with E-state index in [1.54, 1.807) is 6.07 Å². The molecule has 0 spiro atoms. The lowest BCUT2D eigenvalue weighted by molar-refractivity contribution is 0.464. The average molecular weight is 205 g/mol. The fourth-order valence-electron chi connectivity index (χ4n) is 1.66. The molecule has 2 heteroatoms. The summed E-state index contributed by atoms with van der Waals surface area (Å²) in [7, 11) is 0.0849. The monoisotopic (exact) mass is 205 g/mol. The van der Waals surface area contributed by atoms with Crippen LogP contribution in [-0.2, 0) is 10.9 Å². The minimum atomic E-state index is 0.0849. The molecule has 0 radical (unpaired) electrons. The maximum absolute atomic E-state index is 9.79. The van der Waals surface area contributed by atoms with Crippen molar-refractivity contribution in [3.63, 3.8) is 0 Å². The predicted molar refractivity (Wildman–Crippen MR) is 63.1 cm³/mol. The smallest absolute Gasteiger partial charge is 0.203 e. The fraction of sp³-hybridized carbons (Fsp3) is 0.167. The molecule has 0 saturated heterocycles. The second-order valence-electron chi connectivity index (χ2n) is 3.45. The standard InChI is InChI=1S/C12H12OS/c1-14(2)12-10-6-4-3-5-9(10)7-8-11(12)13/h3-8H,1-2H3/p+1. The summed E-state index contributed by atoms with van der Waals surface area (Å²) in [4.78, 5) is 1.07. The lowest BCUT2D eigenvalue weighted by atomic mass is 10.1. The Bertz CT molecular complexity index is 463. The topological polar surface area (TPSA) is 20.2 Å². The van der Waals surface area contributed by atoms with Gasteiger partial charge in [-0.25, -0.2) is 0 Å². The number of hydrogen-bond acceptors (Lipinski definition) is 1. The van der Waals surface area contributed by atoms with Crippen LogP contribution in [0.1, 0.15) is 0 Å². The molecule has 0 fully saturated rings. The summed E-state index contributed by atoms with van der Waals surface area (Å²) >= 11 is 0. The van der Waals surface area contributed by atoms with Gasteiger partial charge in [0.2, 0.25) is 4.90 Å². The summed E-state index contributed by atoms with van der Waals surface area (Å²) in [6.07, 6.45) is 4.25. The molecular formula is C12H13OS+. The molecule has 0 aliphatic heterocycles. The van der Waals surface area contributed by atoms with Crippen molar-refractivity contribution in [1.82, 2.24) is 0 Å². The zero-order valence-electron chi connectivity index (χ0n) is 8.32. The second kappa shape index (κ2) is 3.54. The Labute approximate surface area is 86.7 Å². The highest BCUT2D eigenvalue weighted by Crippen LogP contribution is 2.30. The molecule has 0 bridgehead atoms. The lowest BCUT2D eigenvalue weighted by Gasteiger charge is -2.04. The Kier molecular flexibility index (Phi) is 2.38. The van der Waals surface area contributed by atoms with Crippen LogP contribution in [-0.4, -0.2) is 17.6 Å². The molecule has 1 N–H and O–H groups in total. The van der Waals surface area contributed by atoms with Crippen molar-refractivity contribution in [3.8, 4) is 5.75 Å². The molecule has 1 nitrogen and oxygen atoms in total. The van der Waals surface area contributed by atoms with Gasteiger partial charge in [0, 0.05) is 16.3 Å². The average Bonchev–Trinajstić information content (AvgIpc) is 2.17. The van der Waals surface area contributed by atoms with Crippen LogP contribution in [0.2, 0.25) is 0 Å². The Hall–Kier alpha value is -1.15.